The molecule has 1 heterocycles. The minimum atomic E-state index is -0.215. The Kier molecular flexibility index (Phi) is 3.38. The van der Waals surface area contributed by atoms with Gasteiger partial charge in [-0.1, -0.05) is 29.3 Å². The molecule has 1 amide bonds. The zero-order chi connectivity index (χ0) is 14.1. The summed E-state index contributed by atoms with van der Waals surface area (Å²) in [6.07, 6.45) is 0. The van der Waals surface area contributed by atoms with Crippen LogP contribution in [-0.4, -0.2) is 14.7 Å². The standard InChI is InChI=1S/C14H10ClN3OS/c1-8-2-4-9(5-3-8)14(19)16-12-10(15)6-7-11-13(12)18-20-17-11/h2-7H,1H3,(H,16,19). The van der Waals surface area contributed by atoms with Gasteiger partial charge in [-0.05, 0) is 31.2 Å². The van der Waals surface area contributed by atoms with Gasteiger partial charge in [0.25, 0.3) is 5.91 Å². The van der Waals surface area contributed by atoms with Crippen LogP contribution in [-0.2, 0) is 0 Å². The van der Waals surface area contributed by atoms with Gasteiger partial charge in [-0.25, -0.2) is 0 Å². The third kappa shape index (κ3) is 2.37. The van der Waals surface area contributed by atoms with Gasteiger partial charge in [0.2, 0.25) is 0 Å². The summed E-state index contributed by atoms with van der Waals surface area (Å²) in [5, 5.41) is 3.26. The van der Waals surface area contributed by atoms with Crippen LogP contribution >= 0.6 is 23.3 Å². The first-order valence-corrected chi connectivity index (χ1v) is 7.05. The summed E-state index contributed by atoms with van der Waals surface area (Å²) in [7, 11) is 0. The van der Waals surface area contributed by atoms with Crippen LogP contribution in [0.3, 0.4) is 0 Å². The molecule has 0 radical (unpaired) electrons. The number of nitrogens with zero attached hydrogens (tertiary/aromatic N) is 2. The molecule has 0 saturated heterocycles. The van der Waals surface area contributed by atoms with Crippen molar-refractivity contribution in [3.8, 4) is 0 Å². The number of aryl methyl sites for hydroxylation is 1. The molecule has 3 rings (SSSR count). The molecule has 100 valence electrons. The molecule has 0 aliphatic carbocycles. The van der Waals surface area contributed by atoms with Crippen molar-refractivity contribution in [3.05, 3.63) is 52.5 Å². The lowest BCUT2D eigenvalue weighted by Crippen LogP contribution is -2.12. The van der Waals surface area contributed by atoms with E-state index in [1.165, 1.54) is 0 Å². The number of nitrogens with one attached hydrogen (secondary N) is 1. The van der Waals surface area contributed by atoms with Gasteiger partial charge in [-0.2, -0.15) is 8.75 Å². The van der Waals surface area contributed by atoms with Crippen LogP contribution in [0, 0.1) is 6.92 Å². The fourth-order valence-corrected chi connectivity index (χ4v) is 2.58. The number of fused-ring (bicyclic) bond motifs is 1. The lowest BCUT2D eigenvalue weighted by Gasteiger charge is -2.07. The molecule has 3 aromatic rings. The van der Waals surface area contributed by atoms with Crippen LogP contribution in [0.15, 0.2) is 36.4 Å². The molecular formula is C14H10ClN3OS. The molecule has 0 atom stereocenters. The van der Waals surface area contributed by atoms with Crippen LogP contribution in [0.2, 0.25) is 5.02 Å². The minimum absolute atomic E-state index is 0.215. The van der Waals surface area contributed by atoms with E-state index in [1.807, 2.05) is 19.1 Å². The van der Waals surface area contributed by atoms with Gasteiger partial charge in [0.05, 0.1) is 22.4 Å². The lowest BCUT2D eigenvalue weighted by molar-refractivity contribution is 0.102. The summed E-state index contributed by atoms with van der Waals surface area (Å²) in [4.78, 5) is 12.2. The maximum absolute atomic E-state index is 12.2. The Bertz CT molecular complexity index is 783. The molecule has 0 fully saturated rings. The smallest absolute Gasteiger partial charge is 0.255 e. The van der Waals surface area contributed by atoms with Gasteiger partial charge in [0, 0.05) is 5.56 Å². The number of aromatic nitrogens is 2. The molecule has 6 heteroatoms. The van der Waals surface area contributed by atoms with Gasteiger partial charge in [0.15, 0.2) is 0 Å². The first kappa shape index (κ1) is 13.0. The summed E-state index contributed by atoms with van der Waals surface area (Å²) in [6, 6.07) is 10.8. The molecule has 4 nitrogen and oxygen atoms in total. The molecular weight excluding hydrogens is 294 g/mol. The molecule has 2 aromatic carbocycles. The van der Waals surface area contributed by atoms with E-state index in [-0.39, 0.29) is 5.91 Å². The van der Waals surface area contributed by atoms with Crippen molar-refractivity contribution in [1.82, 2.24) is 8.75 Å². The molecule has 0 aliphatic rings. The van der Waals surface area contributed by atoms with E-state index >= 15 is 0 Å². The van der Waals surface area contributed by atoms with Crippen molar-refractivity contribution in [2.75, 3.05) is 5.32 Å². The highest BCUT2D eigenvalue weighted by Gasteiger charge is 2.13. The van der Waals surface area contributed by atoms with Crippen LogP contribution < -0.4 is 5.32 Å². The maximum atomic E-state index is 12.2. The number of benzene rings is 2. The van der Waals surface area contributed by atoms with E-state index in [0.717, 1.165) is 22.8 Å². The van der Waals surface area contributed by atoms with Crippen molar-refractivity contribution in [1.29, 1.82) is 0 Å². The Labute approximate surface area is 124 Å². The normalized spacial score (nSPS) is 10.7. The Morgan fingerprint density at radius 2 is 1.90 bits per heavy atom. The van der Waals surface area contributed by atoms with Crippen molar-refractivity contribution in [2.45, 2.75) is 6.92 Å². The quantitative estimate of drug-likeness (QED) is 0.781. The number of halogens is 1. The third-order valence-corrected chi connectivity index (χ3v) is 3.79. The fourth-order valence-electron chi connectivity index (χ4n) is 1.84. The topological polar surface area (TPSA) is 54.9 Å². The van der Waals surface area contributed by atoms with Crippen LogP contribution in [0.5, 0.6) is 0 Å². The number of amides is 1. The molecule has 0 saturated carbocycles. The van der Waals surface area contributed by atoms with E-state index in [0.29, 0.717) is 21.8 Å². The molecule has 0 unspecified atom stereocenters. The monoisotopic (exact) mass is 303 g/mol. The number of hydrogen-bond donors (Lipinski definition) is 1. The number of carbonyl (C=O) groups is 1. The van der Waals surface area contributed by atoms with Gasteiger partial charge < -0.3 is 5.32 Å². The molecule has 0 spiro atoms. The van der Waals surface area contributed by atoms with Gasteiger partial charge in [-0.3, -0.25) is 4.79 Å². The lowest BCUT2D eigenvalue weighted by atomic mass is 10.1. The molecule has 1 aromatic heterocycles. The highest BCUT2D eigenvalue weighted by molar-refractivity contribution is 7.00. The highest BCUT2D eigenvalue weighted by Crippen LogP contribution is 2.30. The van der Waals surface area contributed by atoms with E-state index < -0.39 is 0 Å². The molecule has 1 N–H and O–H groups in total. The van der Waals surface area contributed by atoms with Crippen LogP contribution in [0.4, 0.5) is 5.69 Å². The Hall–Kier alpha value is -1.98. The van der Waals surface area contributed by atoms with E-state index in [2.05, 4.69) is 14.1 Å². The second kappa shape index (κ2) is 5.19. The molecule has 0 bridgehead atoms. The molecule has 0 aliphatic heterocycles. The largest absolute Gasteiger partial charge is 0.319 e. The number of rotatable bonds is 2. The Morgan fingerprint density at radius 3 is 2.65 bits per heavy atom. The summed E-state index contributed by atoms with van der Waals surface area (Å²) in [5.74, 6) is -0.215. The zero-order valence-corrected chi connectivity index (χ0v) is 12.1. The van der Waals surface area contributed by atoms with Gasteiger partial charge >= 0.3 is 0 Å². The summed E-state index contributed by atoms with van der Waals surface area (Å²) in [6.45, 7) is 1.97. The second-order valence-electron chi connectivity index (χ2n) is 4.37. The first-order chi connectivity index (χ1) is 9.65. The summed E-state index contributed by atoms with van der Waals surface area (Å²) < 4.78 is 8.30. The van der Waals surface area contributed by atoms with Gasteiger partial charge in [0.1, 0.15) is 11.0 Å². The number of anilines is 1. The average molecular weight is 304 g/mol. The minimum Gasteiger partial charge on any atom is -0.319 e. The Balaban J connectivity index is 1.96. The fraction of sp³-hybridized carbons (Fsp3) is 0.0714. The average Bonchev–Trinajstić information content (AvgIpc) is 2.91. The van der Waals surface area contributed by atoms with E-state index in [1.54, 1.807) is 24.3 Å². The van der Waals surface area contributed by atoms with Crippen LogP contribution in [0.25, 0.3) is 11.0 Å². The predicted octanol–water partition coefficient (Wildman–Crippen LogP) is 3.91. The third-order valence-electron chi connectivity index (χ3n) is 2.93. The maximum Gasteiger partial charge on any atom is 0.255 e. The summed E-state index contributed by atoms with van der Waals surface area (Å²) in [5.41, 5.74) is 3.52. The first-order valence-electron chi connectivity index (χ1n) is 5.94. The van der Waals surface area contributed by atoms with Gasteiger partial charge in [-0.15, -0.1) is 0 Å². The zero-order valence-electron chi connectivity index (χ0n) is 10.6. The van der Waals surface area contributed by atoms with Crippen LogP contribution in [0.1, 0.15) is 15.9 Å². The molecule has 20 heavy (non-hydrogen) atoms. The Morgan fingerprint density at radius 1 is 1.15 bits per heavy atom. The van der Waals surface area contributed by atoms with Crippen molar-refractivity contribution < 1.29 is 4.79 Å². The highest BCUT2D eigenvalue weighted by atomic mass is 35.5. The van der Waals surface area contributed by atoms with Crippen molar-refractivity contribution in [3.63, 3.8) is 0 Å². The van der Waals surface area contributed by atoms with E-state index in [4.69, 9.17) is 11.6 Å². The SMILES string of the molecule is Cc1ccc(C(=O)Nc2c(Cl)ccc3nsnc23)cc1. The summed E-state index contributed by atoms with van der Waals surface area (Å²) >= 11 is 7.23. The predicted molar refractivity (Wildman–Crippen MR) is 81.6 cm³/mol. The number of carbonyl (C=O) groups excluding carboxylic acids is 1. The second-order valence-corrected chi connectivity index (χ2v) is 5.31. The van der Waals surface area contributed by atoms with Crippen molar-refractivity contribution >= 4 is 46.0 Å². The number of hydrogen-bond acceptors (Lipinski definition) is 4. The van der Waals surface area contributed by atoms with E-state index in [9.17, 15) is 4.79 Å². The van der Waals surface area contributed by atoms with Crippen molar-refractivity contribution in [2.24, 2.45) is 0 Å².